The molecule has 8 heteroatoms. The van der Waals surface area contributed by atoms with Crippen LogP contribution < -0.4 is 9.47 Å². The van der Waals surface area contributed by atoms with Gasteiger partial charge in [-0.2, -0.15) is 17.5 Å². The lowest BCUT2D eigenvalue weighted by molar-refractivity contribution is 0.0384. The van der Waals surface area contributed by atoms with E-state index in [2.05, 4.69) is 141 Å². The second kappa shape index (κ2) is 27.1. The summed E-state index contributed by atoms with van der Waals surface area (Å²) in [5, 5.41) is 0. The third-order valence-electron chi connectivity index (χ3n) is 17.5. The predicted molar refractivity (Wildman–Crippen MR) is 332 cm³/mol. The van der Waals surface area contributed by atoms with E-state index in [-0.39, 0.29) is 5.60 Å². The Bertz CT molecular complexity index is 3180. The largest absolute Gasteiger partial charge is 0.482 e. The molecule has 410 valence electrons. The number of rotatable bonds is 31. The van der Waals surface area contributed by atoms with E-state index in [4.69, 9.17) is 22.6 Å². The summed E-state index contributed by atoms with van der Waals surface area (Å²) < 4.78 is 34.8. The van der Waals surface area contributed by atoms with Crippen molar-refractivity contribution < 1.29 is 9.47 Å². The summed E-state index contributed by atoms with van der Waals surface area (Å²) >= 11 is 2.61. The molecular formula is C70H86N4O2S2. The molecule has 2 aliphatic rings. The molecule has 0 atom stereocenters. The van der Waals surface area contributed by atoms with Crippen LogP contribution in [-0.2, 0) is 11.2 Å². The predicted octanol–water partition coefficient (Wildman–Crippen LogP) is 22.2. The first-order valence-electron chi connectivity index (χ1n) is 30.9. The highest BCUT2D eigenvalue weighted by Crippen LogP contribution is 2.54. The number of nitrogens with zero attached hydrogens (tertiary/aromatic N) is 4. The summed E-state index contributed by atoms with van der Waals surface area (Å²) in [5.41, 5.74) is 17.4. The Balaban J connectivity index is 1.02. The van der Waals surface area contributed by atoms with Gasteiger partial charge in [-0.3, -0.25) is 0 Å². The van der Waals surface area contributed by atoms with Gasteiger partial charge in [0.1, 0.15) is 44.8 Å². The van der Waals surface area contributed by atoms with Crippen LogP contribution in [0.2, 0.25) is 0 Å². The molecule has 0 saturated carbocycles. The van der Waals surface area contributed by atoms with E-state index in [0.717, 1.165) is 99.9 Å². The molecule has 78 heavy (non-hydrogen) atoms. The van der Waals surface area contributed by atoms with E-state index in [1.807, 2.05) is 0 Å². The Labute approximate surface area is 475 Å². The van der Waals surface area contributed by atoms with Gasteiger partial charge in [0.2, 0.25) is 0 Å². The first-order chi connectivity index (χ1) is 38.5. The van der Waals surface area contributed by atoms with Crippen LogP contribution in [0.15, 0.2) is 109 Å². The summed E-state index contributed by atoms with van der Waals surface area (Å²) in [6, 6.07) is 41.0. The van der Waals surface area contributed by atoms with Crippen LogP contribution in [0.4, 0.5) is 0 Å². The second-order valence-electron chi connectivity index (χ2n) is 23.1. The van der Waals surface area contributed by atoms with Crippen molar-refractivity contribution >= 4 is 45.5 Å². The van der Waals surface area contributed by atoms with Crippen LogP contribution in [0.25, 0.3) is 77.7 Å². The third-order valence-corrected chi connectivity index (χ3v) is 18.5. The summed E-state index contributed by atoms with van der Waals surface area (Å²) in [5.74, 6) is 2.00. The first-order valence-corrected chi connectivity index (χ1v) is 32.3. The van der Waals surface area contributed by atoms with E-state index in [1.165, 1.54) is 204 Å². The second-order valence-corrected chi connectivity index (χ2v) is 24.1. The van der Waals surface area contributed by atoms with Crippen molar-refractivity contribution in [2.45, 2.75) is 219 Å². The minimum atomic E-state index is -0.460. The maximum atomic E-state index is 7.74. The summed E-state index contributed by atoms with van der Waals surface area (Å²) in [6.45, 7) is 9.22. The number of hydrogen-bond acceptors (Lipinski definition) is 8. The number of unbranched alkanes of at least 4 members (excludes halogenated alkanes) is 20. The Morgan fingerprint density at radius 3 is 1.21 bits per heavy atom. The Morgan fingerprint density at radius 2 is 0.692 bits per heavy atom. The topological polar surface area (TPSA) is 70.0 Å². The highest BCUT2D eigenvalue weighted by atomic mass is 32.1. The molecule has 6 aromatic carbocycles. The van der Waals surface area contributed by atoms with E-state index < -0.39 is 5.60 Å². The molecule has 0 bridgehead atoms. The molecule has 0 aliphatic carbocycles. The number of aromatic nitrogens is 4. The van der Waals surface area contributed by atoms with Crippen LogP contribution >= 0.6 is 23.5 Å². The van der Waals surface area contributed by atoms with Gasteiger partial charge in [-0.25, -0.2) is 0 Å². The monoisotopic (exact) mass is 1080 g/mol. The summed E-state index contributed by atoms with van der Waals surface area (Å²) in [6.07, 6.45) is 34.2. The Hall–Kier alpha value is -5.44. The van der Waals surface area contributed by atoms with Crippen LogP contribution in [0.5, 0.6) is 11.5 Å². The quantitative estimate of drug-likeness (QED) is 0.0403. The third kappa shape index (κ3) is 12.5. The van der Waals surface area contributed by atoms with E-state index in [0.29, 0.717) is 0 Å². The molecule has 10 rings (SSSR count). The summed E-state index contributed by atoms with van der Waals surface area (Å²) in [4.78, 5) is 0. The van der Waals surface area contributed by atoms with Crippen molar-refractivity contribution in [3.8, 4) is 67.1 Å². The number of hydrogen-bond donors (Lipinski definition) is 0. The van der Waals surface area contributed by atoms with Crippen molar-refractivity contribution in [2.24, 2.45) is 0 Å². The number of fused-ring (bicyclic) bond motifs is 8. The van der Waals surface area contributed by atoms with Gasteiger partial charge in [0.15, 0.2) is 0 Å². The fourth-order valence-corrected chi connectivity index (χ4v) is 14.2. The molecule has 0 saturated heterocycles. The molecule has 0 spiro atoms. The Morgan fingerprint density at radius 1 is 0.321 bits per heavy atom. The van der Waals surface area contributed by atoms with Gasteiger partial charge in [-0.1, -0.05) is 235 Å². The normalized spacial score (nSPS) is 13.9. The molecule has 0 unspecified atom stereocenters. The van der Waals surface area contributed by atoms with Gasteiger partial charge in [-0.15, -0.1) is 0 Å². The molecule has 0 fully saturated rings. The number of benzene rings is 6. The highest BCUT2D eigenvalue weighted by Gasteiger charge is 2.42. The zero-order valence-corrected chi connectivity index (χ0v) is 49.2. The van der Waals surface area contributed by atoms with Gasteiger partial charge in [0, 0.05) is 38.9 Å². The van der Waals surface area contributed by atoms with E-state index in [9.17, 15) is 0 Å². The van der Waals surface area contributed by atoms with Crippen LogP contribution in [-0.4, -0.2) is 17.5 Å². The molecular weight excluding hydrogens is 993 g/mol. The zero-order chi connectivity index (χ0) is 53.6. The minimum Gasteiger partial charge on any atom is -0.482 e. The molecule has 2 aliphatic heterocycles. The molecule has 2 aromatic heterocycles. The highest BCUT2D eigenvalue weighted by molar-refractivity contribution is 7.00. The number of para-hydroxylation sites is 1. The fraction of sp³-hybridized carbons (Fsp3) is 0.486. The maximum absolute atomic E-state index is 7.74. The van der Waals surface area contributed by atoms with Crippen molar-refractivity contribution in [2.75, 3.05) is 0 Å². The van der Waals surface area contributed by atoms with Gasteiger partial charge in [0.05, 0.1) is 23.5 Å². The smallest absolute Gasteiger partial charge is 0.135 e. The Kier molecular flexibility index (Phi) is 19.4. The SMILES string of the molecule is CCCCCCCCC1(CCCCCCCC)Oc2cc(-c3ccc(-c4ccc5c(c4)C(CCCCCCCC)(CCCCCCCC)Oc4ccccc4-5)c4nsnc34)ccc2-c2ccc(-c3cccc4nsnc34)cc21. The van der Waals surface area contributed by atoms with Crippen molar-refractivity contribution in [3.63, 3.8) is 0 Å². The van der Waals surface area contributed by atoms with Gasteiger partial charge >= 0.3 is 0 Å². The minimum absolute atomic E-state index is 0.385. The molecule has 0 N–H and O–H groups in total. The van der Waals surface area contributed by atoms with Crippen molar-refractivity contribution in [1.29, 1.82) is 0 Å². The molecule has 6 nitrogen and oxygen atoms in total. The van der Waals surface area contributed by atoms with Gasteiger partial charge in [0.25, 0.3) is 0 Å². The first kappa shape index (κ1) is 55.9. The lowest BCUT2D eigenvalue weighted by Crippen LogP contribution is -2.36. The lowest BCUT2D eigenvalue weighted by Gasteiger charge is -2.41. The van der Waals surface area contributed by atoms with Gasteiger partial charge in [-0.05, 0) is 110 Å². The molecule has 0 amide bonds. The van der Waals surface area contributed by atoms with Crippen molar-refractivity contribution in [3.05, 3.63) is 120 Å². The van der Waals surface area contributed by atoms with E-state index in [1.54, 1.807) is 0 Å². The zero-order valence-electron chi connectivity index (χ0n) is 47.6. The van der Waals surface area contributed by atoms with Crippen LogP contribution in [0.1, 0.15) is 219 Å². The van der Waals surface area contributed by atoms with E-state index >= 15 is 0 Å². The molecule has 8 aromatic rings. The van der Waals surface area contributed by atoms with Gasteiger partial charge < -0.3 is 9.47 Å². The number of ether oxygens (including phenoxy) is 2. The maximum Gasteiger partial charge on any atom is 0.135 e. The molecule has 0 radical (unpaired) electrons. The summed E-state index contributed by atoms with van der Waals surface area (Å²) in [7, 11) is 0. The lowest BCUT2D eigenvalue weighted by atomic mass is 9.76. The molecule has 4 heterocycles. The standard InChI is InChI=1S/C70H86N4O2S2/c1-5-9-13-17-21-27-44-69(45-28-22-18-14-10-6-2)61-49-52(37-39-57(61)59-32-25-26-35-64(59)75-69)55-42-43-56(68-67(55)73-78-74-68)53-38-41-60-58-40-36-51(54-33-31-34-63-66(54)72-77-71-63)48-62(58)70(76-65(60)50-53,46-29-23-19-15-11-7-3)47-30-24-20-16-12-8-4/h25-26,31-43,48-50H,5-24,27-30,44-47H2,1-4H3. The van der Waals surface area contributed by atoms with Crippen molar-refractivity contribution in [1.82, 2.24) is 17.5 Å². The van der Waals surface area contributed by atoms with Crippen LogP contribution in [0.3, 0.4) is 0 Å². The fourth-order valence-electron chi connectivity index (χ4n) is 13.1. The van der Waals surface area contributed by atoms with Crippen LogP contribution in [0, 0.1) is 0 Å². The average Bonchev–Trinajstić information content (AvgIpc) is 4.31. The average molecular weight is 1080 g/mol.